The number of hydrogen-bond acceptors (Lipinski definition) is 6. The normalized spacial score (nSPS) is 15.7. The van der Waals surface area contributed by atoms with Gasteiger partial charge in [0.1, 0.15) is 6.54 Å². The molecule has 3 heterocycles. The van der Waals surface area contributed by atoms with Crippen LogP contribution in [0.3, 0.4) is 0 Å². The molecule has 8 nitrogen and oxygen atoms in total. The van der Waals surface area contributed by atoms with Crippen LogP contribution in [0.4, 0.5) is 5.82 Å². The molecule has 1 aromatic carbocycles. The SMILES string of the molecule is O=C(Cn1cnc(-c2ccccc2)cc1=O)N1CCN(c2cc3c(nn2)CCC3)CC1. The molecule has 2 aromatic heterocycles. The molecule has 0 spiro atoms. The predicted molar refractivity (Wildman–Crippen MR) is 117 cm³/mol. The van der Waals surface area contributed by atoms with Gasteiger partial charge in [-0.2, -0.15) is 5.10 Å². The molecule has 31 heavy (non-hydrogen) atoms. The standard InChI is InChI=1S/C23H24N6O2/c30-22-14-20(17-5-2-1-3-6-17)24-16-29(22)15-23(31)28-11-9-27(10-12-28)21-13-18-7-4-8-19(18)25-26-21/h1-3,5-6,13-14,16H,4,7-12,15H2. The zero-order valence-corrected chi connectivity index (χ0v) is 17.3. The summed E-state index contributed by atoms with van der Waals surface area (Å²) < 4.78 is 1.37. The zero-order chi connectivity index (χ0) is 21.2. The lowest BCUT2D eigenvalue weighted by Crippen LogP contribution is -2.50. The monoisotopic (exact) mass is 416 g/mol. The van der Waals surface area contributed by atoms with Crippen molar-refractivity contribution in [1.82, 2.24) is 24.6 Å². The molecule has 5 rings (SSSR count). The third kappa shape index (κ3) is 4.05. The maximum Gasteiger partial charge on any atom is 0.254 e. The molecule has 1 amide bonds. The van der Waals surface area contributed by atoms with Gasteiger partial charge in [0.25, 0.3) is 5.56 Å². The number of amides is 1. The zero-order valence-electron chi connectivity index (χ0n) is 17.3. The molecular weight excluding hydrogens is 392 g/mol. The van der Waals surface area contributed by atoms with Crippen LogP contribution in [0.2, 0.25) is 0 Å². The maximum atomic E-state index is 12.8. The molecule has 8 heteroatoms. The summed E-state index contributed by atoms with van der Waals surface area (Å²) >= 11 is 0. The van der Waals surface area contributed by atoms with Gasteiger partial charge in [-0.15, -0.1) is 5.10 Å². The van der Waals surface area contributed by atoms with Crippen LogP contribution in [-0.4, -0.2) is 56.7 Å². The van der Waals surface area contributed by atoms with Gasteiger partial charge < -0.3 is 9.80 Å². The minimum atomic E-state index is -0.228. The van der Waals surface area contributed by atoms with E-state index < -0.39 is 0 Å². The van der Waals surface area contributed by atoms with Crippen molar-refractivity contribution in [1.29, 1.82) is 0 Å². The van der Waals surface area contributed by atoms with Crippen molar-refractivity contribution in [3.8, 4) is 11.3 Å². The third-order valence-electron chi connectivity index (χ3n) is 6.02. The second kappa shape index (κ2) is 8.29. The maximum absolute atomic E-state index is 12.8. The van der Waals surface area contributed by atoms with E-state index >= 15 is 0 Å². The van der Waals surface area contributed by atoms with E-state index in [1.54, 1.807) is 4.90 Å². The van der Waals surface area contributed by atoms with E-state index in [1.165, 1.54) is 22.5 Å². The smallest absolute Gasteiger partial charge is 0.254 e. The molecule has 1 fully saturated rings. The van der Waals surface area contributed by atoms with Crippen LogP contribution < -0.4 is 10.5 Å². The Morgan fingerprint density at radius 2 is 1.77 bits per heavy atom. The Morgan fingerprint density at radius 1 is 0.968 bits per heavy atom. The first-order valence-corrected chi connectivity index (χ1v) is 10.7. The van der Waals surface area contributed by atoms with Crippen LogP contribution in [0.15, 0.2) is 53.6 Å². The van der Waals surface area contributed by atoms with Gasteiger partial charge in [0, 0.05) is 37.8 Å². The predicted octanol–water partition coefficient (Wildman–Crippen LogP) is 1.54. The van der Waals surface area contributed by atoms with E-state index in [0.717, 1.165) is 36.3 Å². The largest absolute Gasteiger partial charge is 0.352 e. The fourth-order valence-electron chi connectivity index (χ4n) is 4.21. The summed E-state index contributed by atoms with van der Waals surface area (Å²) in [6.07, 6.45) is 4.70. The number of carbonyl (C=O) groups is 1. The quantitative estimate of drug-likeness (QED) is 0.642. The second-order valence-corrected chi connectivity index (χ2v) is 8.00. The van der Waals surface area contributed by atoms with Crippen LogP contribution in [0, 0.1) is 0 Å². The Morgan fingerprint density at radius 3 is 2.55 bits per heavy atom. The van der Waals surface area contributed by atoms with Crippen molar-refractivity contribution in [2.24, 2.45) is 0 Å². The Bertz CT molecular complexity index is 1150. The van der Waals surface area contributed by atoms with Gasteiger partial charge in [-0.3, -0.25) is 14.2 Å². The minimum absolute atomic E-state index is 0.000443. The third-order valence-corrected chi connectivity index (χ3v) is 6.02. The average molecular weight is 416 g/mol. The lowest BCUT2D eigenvalue weighted by molar-refractivity contribution is -0.132. The molecule has 1 aliphatic heterocycles. The molecule has 0 unspecified atom stereocenters. The number of piperazine rings is 1. The van der Waals surface area contributed by atoms with E-state index in [0.29, 0.717) is 31.9 Å². The highest BCUT2D eigenvalue weighted by Gasteiger charge is 2.24. The highest BCUT2D eigenvalue weighted by molar-refractivity contribution is 5.76. The van der Waals surface area contributed by atoms with Crippen molar-refractivity contribution >= 4 is 11.7 Å². The van der Waals surface area contributed by atoms with E-state index in [2.05, 4.69) is 26.1 Å². The van der Waals surface area contributed by atoms with Gasteiger partial charge in [-0.05, 0) is 30.9 Å². The number of anilines is 1. The number of hydrogen-bond donors (Lipinski definition) is 0. The summed E-state index contributed by atoms with van der Waals surface area (Å²) in [5.74, 6) is 0.820. The minimum Gasteiger partial charge on any atom is -0.352 e. The number of carbonyl (C=O) groups excluding carboxylic acids is 1. The molecule has 0 saturated carbocycles. The fraction of sp³-hybridized carbons (Fsp3) is 0.348. The first kappa shape index (κ1) is 19.4. The van der Waals surface area contributed by atoms with Gasteiger partial charge in [0.2, 0.25) is 5.91 Å². The van der Waals surface area contributed by atoms with Crippen molar-refractivity contribution in [3.63, 3.8) is 0 Å². The van der Waals surface area contributed by atoms with E-state index in [-0.39, 0.29) is 18.0 Å². The van der Waals surface area contributed by atoms with Crippen LogP contribution in [0.5, 0.6) is 0 Å². The number of aromatic nitrogens is 4. The number of rotatable bonds is 4. The Hall–Kier alpha value is -3.55. The van der Waals surface area contributed by atoms with E-state index in [4.69, 9.17) is 0 Å². The highest BCUT2D eigenvalue weighted by Crippen LogP contribution is 2.23. The van der Waals surface area contributed by atoms with Crippen LogP contribution in [0.1, 0.15) is 17.7 Å². The topological polar surface area (TPSA) is 84.2 Å². The lowest BCUT2D eigenvalue weighted by Gasteiger charge is -2.35. The molecular formula is C23H24N6O2. The van der Waals surface area contributed by atoms with Gasteiger partial charge in [-0.1, -0.05) is 30.3 Å². The molecule has 1 aliphatic carbocycles. The Labute approximate surface area is 180 Å². The molecule has 3 aromatic rings. The number of nitrogens with zero attached hydrogens (tertiary/aromatic N) is 6. The van der Waals surface area contributed by atoms with Gasteiger partial charge in [0.15, 0.2) is 5.82 Å². The van der Waals surface area contributed by atoms with Crippen molar-refractivity contribution in [3.05, 3.63) is 70.4 Å². The highest BCUT2D eigenvalue weighted by atomic mass is 16.2. The van der Waals surface area contributed by atoms with E-state index in [1.807, 2.05) is 30.3 Å². The molecule has 0 bridgehead atoms. The fourth-order valence-corrected chi connectivity index (χ4v) is 4.21. The molecule has 2 aliphatic rings. The summed E-state index contributed by atoms with van der Waals surface area (Å²) in [5, 5.41) is 8.74. The number of benzene rings is 1. The van der Waals surface area contributed by atoms with Crippen molar-refractivity contribution in [2.45, 2.75) is 25.8 Å². The Kier molecular flexibility index (Phi) is 5.19. The Balaban J connectivity index is 1.21. The van der Waals surface area contributed by atoms with Crippen LogP contribution >= 0.6 is 0 Å². The van der Waals surface area contributed by atoms with Crippen molar-refractivity contribution in [2.75, 3.05) is 31.1 Å². The summed E-state index contributed by atoms with van der Waals surface area (Å²) in [7, 11) is 0. The average Bonchev–Trinajstić information content (AvgIpc) is 3.29. The van der Waals surface area contributed by atoms with Gasteiger partial charge in [-0.25, -0.2) is 4.98 Å². The summed E-state index contributed by atoms with van der Waals surface area (Å²) in [5.41, 5.74) is 3.68. The molecule has 1 saturated heterocycles. The molecule has 158 valence electrons. The first-order valence-electron chi connectivity index (χ1n) is 10.7. The van der Waals surface area contributed by atoms with Crippen molar-refractivity contribution < 1.29 is 4.79 Å². The summed E-state index contributed by atoms with van der Waals surface area (Å²) in [6, 6.07) is 13.2. The van der Waals surface area contributed by atoms with Crippen LogP contribution in [-0.2, 0) is 24.2 Å². The summed E-state index contributed by atoms with van der Waals surface area (Å²) in [6.45, 7) is 2.61. The van der Waals surface area contributed by atoms with Crippen LogP contribution in [0.25, 0.3) is 11.3 Å². The number of aryl methyl sites for hydroxylation is 2. The lowest BCUT2D eigenvalue weighted by atomic mass is 10.1. The van der Waals surface area contributed by atoms with Gasteiger partial charge in [0.05, 0.1) is 17.7 Å². The first-order chi connectivity index (χ1) is 15.2. The second-order valence-electron chi connectivity index (χ2n) is 8.00. The van der Waals surface area contributed by atoms with Gasteiger partial charge >= 0.3 is 0 Å². The number of fused-ring (bicyclic) bond motifs is 1. The molecule has 0 atom stereocenters. The molecule has 0 radical (unpaired) electrons. The summed E-state index contributed by atoms with van der Waals surface area (Å²) in [4.78, 5) is 33.6. The van der Waals surface area contributed by atoms with E-state index in [9.17, 15) is 9.59 Å². The molecule has 0 N–H and O–H groups in total.